The number of hydrogen-bond acceptors (Lipinski definition) is 4. The monoisotopic (exact) mass is 301 g/mol. The van der Waals surface area contributed by atoms with Crippen molar-refractivity contribution in [2.45, 2.75) is 19.8 Å². The van der Waals surface area contributed by atoms with Gasteiger partial charge in [0.2, 0.25) is 0 Å². The maximum atomic E-state index is 11.9. The summed E-state index contributed by atoms with van der Waals surface area (Å²) in [6.45, 7) is 4.48. The molecule has 110 valence electrons. The molecule has 3 heterocycles. The van der Waals surface area contributed by atoms with Crippen molar-refractivity contribution in [2.24, 2.45) is 5.92 Å². The molecule has 3 rings (SSSR count). The normalized spacial score (nSPS) is 16.0. The van der Waals surface area contributed by atoms with Crippen LogP contribution in [0.2, 0.25) is 0 Å². The van der Waals surface area contributed by atoms with Gasteiger partial charge in [-0.2, -0.15) is 0 Å². The van der Waals surface area contributed by atoms with Crippen molar-refractivity contribution in [3.63, 3.8) is 0 Å². The summed E-state index contributed by atoms with van der Waals surface area (Å²) in [5, 5.41) is 4.72. The molecule has 0 unspecified atom stereocenters. The van der Waals surface area contributed by atoms with E-state index in [9.17, 15) is 4.79 Å². The number of carbonyl (C=O) groups excluding carboxylic acids is 1. The van der Waals surface area contributed by atoms with Gasteiger partial charge in [0, 0.05) is 13.1 Å². The van der Waals surface area contributed by atoms with Crippen LogP contribution >= 0.6 is 11.3 Å². The van der Waals surface area contributed by atoms with E-state index in [-0.39, 0.29) is 5.91 Å². The Morgan fingerprint density at radius 2 is 2.14 bits per heavy atom. The van der Waals surface area contributed by atoms with Crippen LogP contribution in [-0.2, 0) is 0 Å². The fourth-order valence-corrected chi connectivity index (χ4v) is 3.12. The Labute approximate surface area is 128 Å². The number of nitrogens with one attached hydrogen (secondary N) is 1. The summed E-state index contributed by atoms with van der Waals surface area (Å²) in [5.74, 6) is 1.32. The van der Waals surface area contributed by atoms with Crippen molar-refractivity contribution in [3.8, 4) is 0 Å². The first-order valence-corrected chi connectivity index (χ1v) is 8.16. The number of thiophene rings is 1. The van der Waals surface area contributed by atoms with E-state index in [1.54, 1.807) is 0 Å². The summed E-state index contributed by atoms with van der Waals surface area (Å²) in [5.41, 5.74) is 1.14. The van der Waals surface area contributed by atoms with Crippen LogP contribution in [-0.4, -0.2) is 24.0 Å². The van der Waals surface area contributed by atoms with Crippen LogP contribution in [0.15, 0.2) is 35.8 Å². The van der Waals surface area contributed by atoms with E-state index >= 15 is 0 Å². The Hall–Kier alpha value is -1.88. The minimum Gasteiger partial charge on any atom is -0.370 e. The summed E-state index contributed by atoms with van der Waals surface area (Å²) >= 11 is 1.43. The van der Waals surface area contributed by atoms with Gasteiger partial charge in [-0.05, 0) is 42.3 Å². The predicted molar refractivity (Wildman–Crippen MR) is 87.1 cm³/mol. The third-order valence-corrected chi connectivity index (χ3v) is 4.75. The largest absolute Gasteiger partial charge is 0.370 e. The van der Waals surface area contributed by atoms with Crippen molar-refractivity contribution in [2.75, 3.05) is 23.3 Å². The lowest BCUT2D eigenvalue weighted by atomic mass is 9.99. The van der Waals surface area contributed by atoms with E-state index in [0.29, 0.717) is 10.7 Å². The first-order valence-electron chi connectivity index (χ1n) is 7.28. The number of amides is 1. The molecular formula is C16H19N3OS. The zero-order valence-corrected chi connectivity index (χ0v) is 12.9. The average molecular weight is 301 g/mol. The van der Waals surface area contributed by atoms with Gasteiger partial charge in [0.25, 0.3) is 5.91 Å². The van der Waals surface area contributed by atoms with Crippen LogP contribution in [0.5, 0.6) is 0 Å². The molecule has 0 radical (unpaired) electrons. The van der Waals surface area contributed by atoms with Crippen molar-refractivity contribution in [1.82, 2.24) is 4.98 Å². The maximum absolute atomic E-state index is 11.9. The Bertz CT molecular complexity index is 586. The minimum atomic E-state index is -0.1000. The summed E-state index contributed by atoms with van der Waals surface area (Å²) in [7, 11) is 0. The third-order valence-electron chi connectivity index (χ3n) is 3.88. The Kier molecular flexibility index (Phi) is 4.20. The molecule has 1 aliphatic heterocycles. The summed E-state index contributed by atoms with van der Waals surface area (Å²) in [6.07, 6.45) is 4.31. The lowest BCUT2D eigenvalue weighted by Crippen LogP contribution is -2.32. The fraction of sp³-hybridized carbons (Fsp3) is 0.375. The highest BCUT2D eigenvalue weighted by Gasteiger charge is 2.16. The molecule has 1 fully saturated rings. The molecule has 0 bridgehead atoms. The fourth-order valence-electron chi connectivity index (χ4n) is 2.50. The summed E-state index contributed by atoms with van der Waals surface area (Å²) < 4.78 is 0. The van der Waals surface area contributed by atoms with Crippen molar-refractivity contribution in [1.29, 1.82) is 0 Å². The second-order valence-electron chi connectivity index (χ2n) is 5.50. The maximum Gasteiger partial charge on any atom is 0.266 e. The van der Waals surface area contributed by atoms with Crippen LogP contribution in [0.25, 0.3) is 0 Å². The molecule has 4 nitrogen and oxygen atoms in total. The molecule has 0 spiro atoms. The van der Waals surface area contributed by atoms with Crippen LogP contribution < -0.4 is 10.2 Å². The first kappa shape index (κ1) is 14.1. The molecule has 0 atom stereocenters. The average Bonchev–Trinajstić information content (AvgIpc) is 3.03. The lowest BCUT2D eigenvalue weighted by Gasteiger charge is -2.31. The zero-order chi connectivity index (χ0) is 14.7. The van der Waals surface area contributed by atoms with Gasteiger partial charge < -0.3 is 10.2 Å². The van der Waals surface area contributed by atoms with Gasteiger partial charge in [0.05, 0.1) is 16.8 Å². The van der Waals surface area contributed by atoms with Gasteiger partial charge in [-0.1, -0.05) is 13.0 Å². The smallest absolute Gasteiger partial charge is 0.266 e. The molecule has 2 aromatic heterocycles. The minimum absolute atomic E-state index is 0.1000. The van der Waals surface area contributed by atoms with Gasteiger partial charge in [-0.3, -0.25) is 4.79 Å². The highest BCUT2D eigenvalue weighted by Crippen LogP contribution is 2.23. The molecule has 1 saturated heterocycles. The number of piperidine rings is 1. The molecule has 2 aromatic rings. The van der Waals surface area contributed by atoms with E-state index in [1.807, 2.05) is 35.8 Å². The number of pyridine rings is 1. The van der Waals surface area contributed by atoms with Crippen molar-refractivity contribution < 1.29 is 4.79 Å². The van der Waals surface area contributed by atoms with E-state index in [2.05, 4.69) is 22.1 Å². The molecule has 1 N–H and O–H groups in total. The van der Waals surface area contributed by atoms with Crippen LogP contribution in [0, 0.1) is 5.92 Å². The van der Waals surface area contributed by atoms with E-state index in [1.165, 1.54) is 24.2 Å². The Morgan fingerprint density at radius 1 is 1.33 bits per heavy atom. The highest BCUT2D eigenvalue weighted by atomic mass is 32.1. The number of carbonyl (C=O) groups is 1. The van der Waals surface area contributed by atoms with E-state index in [4.69, 9.17) is 0 Å². The molecule has 5 heteroatoms. The van der Waals surface area contributed by atoms with Crippen LogP contribution in [0.3, 0.4) is 0 Å². The number of aromatic nitrogens is 1. The van der Waals surface area contributed by atoms with Crippen LogP contribution in [0.4, 0.5) is 11.5 Å². The quantitative estimate of drug-likeness (QED) is 0.941. The second kappa shape index (κ2) is 6.26. The summed E-state index contributed by atoms with van der Waals surface area (Å²) in [4.78, 5) is 19.4. The van der Waals surface area contributed by atoms with Gasteiger partial charge in [-0.25, -0.2) is 4.98 Å². The number of nitrogens with zero attached hydrogens (tertiary/aromatic N) is 2. The topological polar surface area (TPSA) is 45.2 Å². The van der Waals surface area contributed by atoms with Gasteiger partial charge in [-0.15, -0.1) is 11.3 Å². The zero-order valence-electron chi connectivity index (χ0n) is 12.1. The van der Waals surface area contributed by atoms with Gasteiger partial charge in [0.1, 0.15) is 5.82 Å². The SMILES string of the molecule is CC1CCN(c2ccc(NC(=O)c3cccs3)nc2)CC1. The predicted octanol–water partition coefficient (Wildman–Crippen LogP) is 3.63. The molecule has 0 aromatic carbocycles. The number of rotatable bonds is 3. The highest BCUT2D eigenvalue weighted by molar-refractivity contribution is 7.12. The number of anilines is 2. The standard InChI is InChI=1S/C16H19N3OS/c1-12-6-8-19(9-7-12)13-4-5-15(17-11-13)18-16(20)14-3-2-10-21-14/h2-5,10-12H,6-9H2,1H3,(H,17,18,20). The summed E-state index contributed by atoms with van der Waals surface area (Å²) in [6, 6.07) is 7.59. The molecule has 0 saturated carbocycles. The third kappa shape index (κ3) is 3.42. The van der Waals surface area contributed by atoms with Gasteiger partial charge in [0.15, 0.2) is 0 Å². The Balaban J connectivity index is 1.63. The molecule has 1 amide bonds. The van der Waals surface area contributed by atoms with Crippen molar-refractivity contribution >= 4 is 28.7 Å². The molecule has 21 heavy (non-hydrogen) atoms. The first-order chi connectivity index (χ1) is 10.2. The van der Waals surface area contributed by atoms with E-state index < -0.39 is 0 Å². The van der Waals surface area contributed by atoms with Crippen molar-refractivity contribution in [3.05, 3.63) is 40.7 Å². The molecular weight excluding hydrogens is 282 g/mol. The van der Waals surface area contributed by atoms with E-state index in [0.717, 1.165) is 24.7 Å². The Morgan fingerprint density at radius 3 is 2.76 bits per heavy atom. The van der Waals surface area contributed by atoms with Gasteiger partial charge >= 0.3 is 0 Å². The molecule has 1 aliphatic rings. The van der Waals surface area contributed by atoms with Crippen LogP contribution in [0.1, 0.15) is 29.4 Å². The molecule has 0 aliphatic carbocycles. The number of hydrogen-bond donors (Lipinski definition) is 1. The lowest BCUT2D eigenvalue weighted by molar-refractivity contribution is 0.103. The second-order valence-corrected chi connectivity index (χ2v) is 6.45.